The summed E-state index contributed by atoms with van der Waals surface area (Å²) < 4.78 is 0. The number of carbonyl (C=O) groups is 2. The maximum atomic E-state index is 12.5. The third kappa shape index (κ3) is 5.93. The van der Waals surface area contributed by atoms with E-state index >= 15 is 0 Å². The Hall–Kier alpha value is -3.16. The van der Waals surface area contributed by atoms with Gasteiger partial charge in [-0.15, -0.1) is 0 Å². The first-order valence-electron chi connectivity index (χ1n) is 9.42. The Bertz CT molecular complexity index is 1100. The van der Waals surface area contributed by atoms with Crippen LogP contribution in [0.1, 0.15) is 27.3 Å². The summed E-state index contributed by atoms with van der Waals surface area (Å²) in [7, 11) is 1.38. The summed E-state index contributed by atoms with van der Waals surface area (Å²) in [6.45, 7) is 4.37. The van der Waals surface area contributed by atoms with Gasteiger partial charge in [0.05, 0.1) is 10.6 Å². The fourth-order valence-electron chi connectivity index (χ4n) is 2.84. The lowest BCUT2D eigenvalue weighted by Crippen LogP contribution is -2.36. The van der Waals surface area contributed by atoms with Crippen molar-refractivity contribution in [1.82, 2.24) is 14.9 Å². The number of hydrogen-bond donors (Lipinski definition) is 2. The standard InChI is InChI=1S/C22H21Cl2N5O2/c1-13-10-14(2)27-21(26-13)25-12-15-4-7-17(8-5-15)28-22(31)29(3)20(30)18-9-6-16(23)11-19(18)24/h4-11H,12H2,1-3H3,(H,28,31)(H,25,26,27). The van der Waals surface area contributed by atoms with E-state index in [9.17, 15) is 9.59 Å². The number of anilines is 2. The molecular weight excluding hydrogens is 437 g/mol. The summed E-state index contributed by atoms with van der Waals surface area (Å²) >= 11 is 11.9. The normalized spacial score (nSPS) is 10.5. The van der Waals surface area contributed by atoms with Crippen molar-refractivity contribution in [3.63, 3.8) is 0 Å². The second-order valence-corrected chi connectivity index (χ2v) is 7.79. The molecule has 3 amide bonds. The van der Waals surface area contributed by atoms with Gasteiger partial charge in [0.25, 0.3) is 5.91 Å². The Kier molecular flexibility index (Phi) is 7.09. The summed E-state index contributed by atoms with van der Waals surface area (Å²) in [4.78, 5) is 34.7. The van der Waals surface area contributed by atoms with Crippen LogP contribution in [0.2, 0.25) is 10.0 Å². The van der Waals surface area contributed by atoms with Crippen LogP contribution in [-0.2, 0) is 6.54 Å². The molecule has 0 aliphatic carbocycles. The molecule has 0 aliphatic heterocycles. The van der Waals surface area contributed by atoms with Crippen molar-refractivity contribution in [3.8, 4) is 0 Å². The van der Waals surface area contributed by atoms with Crippen molar-refractivity contribution in [2.45, 2.75) is 20.4 Å². The molecular formula is C22H21Cl2N5O2. The highest BCUT2D eigenvalue weighted by Crippen LogP contribution is 2.22. The number of rotatable bonds is 5. The third-order valence-electron chi connectivity index (χ3n) is 4.41. The molecule has 0 saturated heterocycles. The van der Waals surface area contributed by atoms with Crippen molar-refractivity contribution in [2.75, 3.05) is 17.7 Å². The molecule has 1 heterocycles. The molecule has 1 aromatic heterocycles. The topological polar surface area (TPSA) is 87.2 Å². The van der Waals surface area contributed by atoms with E-state index in [0.29, 0.717) is 23.2 Å². The Morgan fingerprint density at radius 1 is 0.968 bits per heavy atom. The van der Waals surface area contributed by atoms with Gasteiger partial charge in [0.2, 0.25) is 5.95 Å². The Balaban J connectivity index is 1.59. The van der Waals surface area contributed by atoms with E-state index < -0.39 is 11.9 Å². The SMILES string of the molecule is Cc1cc(C)nc(NCc2ccc(NC(=O)N(C)C(=O)c3ccc(Cl)cc3Cl)cc2)n1. The molecule has 0 radical (unpaired) electrons. The molecule has 3 aromatic rings. The lowest BCUT2D eigenvalue weighted by molar-refractivity contribution is 0.0841. The zero-order valence-electron chi connectivity index (χ0n) is 17.2. The number of halogens is 2. The van der Waals surface area contributed by atoms with Gasteiger partial charge in [0.15, 0.2) is 0 Å². The molecule has 0 atom stereocenters. The fourth-order valence-corrected chi connectivity index (χ4v) is 3.32. The quantitative estimate of drug-likeness (QED) is 0.541. The summed E-state index contributed by atoms with van der Waals surface area (Å²) in [6.07, 6.45) is 0. The molecule has 160 valence electrons. The number of benzene rings is 2. The number of urea groups is 1. The van der Waals surface area contributed by atoms with Gasteiger partial charge in [-0.1, -0.05) is 35.3 Å². The fraction of sp³-hybridized carbons (Fsp3) is 0.182. The number of amides is 3. The molecule has 0 saturated carbocycles. The zero-order chi connectivity index (χ0) is 22.5. The first kappa shape index (κ1) is 22.5. The highest BCUT2D eigenvalue weighted by Gasteiger charge is 2.21. The first-order valence-corrected chi connectivity index (χ1v) is 10.2. The minimum Gasteiger partial charge on any atom is -0.350 e. The number of nitrogens with one attached hydrogen (secondary N) is 2. The molecule has 0 fully saturated rings. The summed E-state index contributed by atoms with van der Waals surface area (Å²) in [5.74, 6) is 0.0318. The molecule has 0 spiro atoms. The van der Waals surface area contributed by atoms with Gasteiger partial charge in [-0.05, 0) is 55.8 Å². The van der Waals surface area contributed by atoms with E-state index in [-0.39, 0.29) is 10.6 Å². The lowest BCUT2D eigenvalue weighted by atomic mass is 10.2. The Labute approximate surface area is 190 Å². The van der Waals surface area contributed by atoms with Crippen LogP contribution in [0.25, 0.3) is 0 Å². The number of imide groups is 1. The van der Waals surface area contributed by atoms with Crippen molar-refractivity contribution in [1.29, 1.82) is 0 Å². The number of carbonyl (C=O) groups excluding carboxylic acids is 2. The first-order chi connectivity index (χ1) is 14.7. The maximum Gasteiger partial charge on any atom is 0.328 e. The molecule has 0 unspecified atom stereocenters. The van der Waals surface area contributed by atoms with E-state index in [2.05, 4.69) is 20.6 Å². The van der Waals surface area contributed by atoms with Crippen LogP contribution in [0.15, 0.2) is 48.5 Å². The minimum atomic E-state index is -0.578. The highest BCUT2D eigenvalue weighted by molar-refractivity contribution is 6.37. The molecule has 3 rings (SSSR count). The van der Waals surface area contributed by atoms with Crippen molar-refractivity contribution in [2.24, 2.45) is 0 Å². The second-order valence-electron chi connectivity index (χ2n) is 6.94. The predicted octanol–water partition coefficient (Wildman–Crippen LogP) is 5.32. The summed E-state index contributed by atoms with van der Waals surface area (Å²) in [5.41, 5.74) is 3.52. The van der Waals surface area contributed by atoms with Gasteiger partial charge < -0.3 is 10.6 Å². The van der Waals surface area contributed by atoms with Crippen molar-refractivity contribution in [3.05, 3.63) is 81.1 Å². The van der Waals surface area contributed by atoms with Gasteiger partial charge in [0, 0.05) is 35.7 Å². The van der Waals surface area contributed by atoms with E-state index in [1.807, 2.05) is 32.0 Å². The minimum absolute atomic E-state index is 0.182. The summed E-state index contributed by atoms with van der Waals surface area (Å²) in [6, 6.07) is 13.1. The van der Waals surface area contributed by atoms with Crippen LogP contribution < -0.4 is 10.6 Å². The number of aryl methyl sites for hydroxylation is 2. The van der Waals surface area contributed by atoms with E-state index in [1.54, 1.807) is 18.2 Å². The van der Waals surface area contributed by atoms with E-state index in [0.717, 1.165) is 21.9 Å². The average molecular weight is 458 g/mol. The van der Waals surface area contributed by atoms with Gasteiger partial charge >= 0.3 is 6.03 Å². The van der Waals surface area contributed by atoms with Crippen molar-refractivity contribution < 1.29 is 9.59 Å². The number of hydrogen-bond acceptors (Lipinski definition) is 5. The largest absolute Gasteiger partial charge is 0.350 e. The lowest BCUT2D eigenvalue weighted by Gasteiger charge is -2.17. The molecule has 0 bridgehead atoms. The zero-order valence-corrected chi connectivity index (χ0v) is 18.8. The van der Waals surface area contributed by atoms with Gasteiger partial charge in [0.1, 0.15) is 0 Å². The van der Waals surface area contributed by atoms with Gasteiger partial charge in [-0.2, -0.15) is 0 Å². The van der Waals surface area contributed by atoms with Crippen LogP contribution in [0.4, 0.5) is 16.4 Å². The van der Waals surface area contributed by atoms with Crippen LogP contribution in [0.3, 0.4) is 0 Å². The van der Waals surface area contributed by atoms with E-state index in [4.69, 9.17) is 23.2 Å². The monoisotopic (exact) mass is 457 g/mol. The third-order valence-corrected chi connectivity index (χ3v) is 4.96. The predicted molar refractivity (Wildman–Crippen MR) is 123 cm³/mol. The Morgan fingerprint density at radius 2 is 1.61 bits per heavy atom. The second kappa shape index (κ2) is 9.76. The van der Waals surface area contributed by atoms with Gasteiger partial charge in [-0.25, -0.2) is 14.8 Å². The molecule has 31 heavy (non-hydrogen) atoms. The van der Waals surface area contributed by atoms with Crippen molar-refractivity contribution >= 4 is 46.8 Å². The van der Waals surface area contributed by atoms with Crippen LogP contribution in [0.5, 0.6) is 0 Å². The van der Waals surface area contributed by atoms with Gasteiger partial charge in [-0.3, -0.25) is 9.69 Å². The average Bonchev–Trinajstić information content (AvgIpc) is 2.71. The highest BCUT2D eigenvalue weighted by atomic mass is 35.5. The molecule has 0 aliphatic rings. The number of nitrogens with zero attached hydrogens (tertiary/aromatic N) is 3. The molecule has 9 heteroatoms. The smallest absolute Gasteiger partial charge is 0.328 e. The summed E-state index contributed by atoms with van der Waals surface area (Å²) in [5, 5.41) is 6.46. The van der Waals surface area contributed by atoms with Crippen LogP contribution >= 0.6 is 23.2 Å². The Morgan fingerprint density at radius 3 is 2.23 bits per heavy atom. The molecule has 7 nitrogen and oxygen atoms in total. The number of aromatic nitrogens is 2. The molecule has 2 N–H and O–H groups in total. The van der Waals surface area contributed by atoms with Crippen LogP contribution in [0, 0.1) is 13.8 Å². The van der Waals surface area contributed by atoms with Crippen LogP contribution in [-0.4, -0.2) is 33.9 Å². The maximum absolute atomic E-state index is 12.5. The van der Waals surface area contributed by atoms with E-state index in [1.165, 1.54) is 19.2 Å². The molecule has 2 aromatic carbocycles.